The number of esters is 1. The molecule has 0 radical (unpaired) electrons. The lowest BCUT2D eigenvalue weighted by molar-refractivity contribution is -0.143. The monoisotopic (exact) mass is 289 g/mol. The molecule has 1 heterocycles. The second-order valence-corrected chi connectivity index (χ2v) is 4.79. The average molecular weight is 289 g/mol. The minimum absolute atomic E-state index is 0.0858. The number of nitrogens with one attached hydrogen (secondary N) is 1. The fraction of sp³-hybridized carbons (Fsp3) is 0.375. The third-order valence-electron chi connectivity index (χ3n) is 3.11. The van der Waals surface area contributed by atoms with Crippen LogP contribution in [0.5, 0.6) is 0 Å². The van der Waals surface area contributed by atoms with Crippen molar-refractivity contribution in [1.82, 2.24) is 5.32 Å². The molecule has 1 saturated heterocycles. The van der Waals surface area contributed by atoms with Gasteiger partial charge in [-0.3, -0.25) is 4.79 Å². The van der Waals surface area contributed by atoms with E-state index in [1.54, 1.807) is 6.08 Å². The predicted molar refractivity (Wildman–Crippen MR) is 78.4 cm³/mol. The van der Waals surface area contributed by atoms with Crippen molar-refractivity contribution in [3.63, 3.8) is 0 Å². The van der Waals surface area contributed by atoms with Crippen molar-refractivity contribution >= 4 is 18.0 Å². The largest absolute Gasteiger partial charge is 0.452 e. The summed E-state index contributed by atoms with van der Waals surface area (Å²) in [5.41, 5.74) is 0.900. The second kappa shape index (κ2) is 8.21. The number of benzene rings is 1. The number of rotatable bonds is 6. The topological polar surface area (TPSA) is 64.6 Å². The highest BCUT2D eigenvalue weighted by molar-refractivity contribution is 5.89. The number of hydrogen-bond donors (Lipinski definition) is 1. The van der Waals surface area contributed by atoms with Gasteiger partial charge in [0.05, 0.1) is 6.10 Å². The van der Waals surface area contributed by atoms with Crippen molar-refractivity contribution in [3.8, 4) is 0 Å². The molecular formula is C16H19NO4. The molecule has 2 rings (SSSR count). The summed E-state index contributed by atoms with van der Waals surface area (Å²) < 4.78 is 10.2. The molecular weight excluding hydrogens is 270 g/mol. The zero-order valence-corrected chi connectivity index (χ0v) is 11.8. The van der Waals surface area contributed by atoms with Gasteiger partial charge in [-0.1, -0.05) is 30.3 Å². The van der Waals surface area contributed by atoms with E-state index < -0.39 is 5.97 Å². The van der Waals surface area contributed by atoms with E-state index in [1.807, 2.05) is 30.3 Å². The summed E-state index contributed by atoms with van der Waals surface area (Å²) in [6.45, 7) is 0.945. The average Bonchev–Trinajstić information content (AvgIpc) is 3.03. The fourth-order valence-electron chi connectivity index (χ4n) is 2.00. The Labute approximate surface area is 123 Å². The van der Waals surface area contributed by atoms with Crippen LogP contribution in [0.25, 0.3) is 6.08 Å². The van der Waals surface area contributed by atoms with Crippen molar-refractivity contribution in [2.24, 2.45) is 0 Å². The van der Waals surface area contributed by atoms with Crippen LogP contribution in [0.3, 0.4) is 0 Å². The highest BCUT2D eigenvalue weighted by Gasteiger charge is 2.16. The Kier molecular flexibility index (Phi) is 5.97. The lowest BCUT2D eigenvalue weighted by Gasteiger charge is -2.10. The summed E-state index contributed by atoms with van der Waals surface area (Å²) in [4.78, 5) is 23.0. The third-order valence-corrected chi connectivity index (χ3v) is 3.11. The van der Waals surface area contributed by atoms with E-state index in [0.717, 1.165) is 25.0 Å². The number of amides is 1. The maximum absolute atomic E-state index is 11.5. The molecule has 1 amide bonds. The van der Waals surface area contributed by atoms with E-state index in [0.29, 0.717) is 6.54 Å². The van der Waals surface area contributed by atoms with Gasteiger partial charge in [0.15, 0.2) is 6.61 Å². The predicted octanol–water partition coefficient (Wildman–Crippen LogP) is 1.54. The molecule has 0 bridgehead atoms. The molecule has 0 aromatic heterocycles. The van der Waals surface area contributed by atoms with E-state index >= 15 is 0 Å². The Balaban J connectivity index is 1.63. The molecule has 5 heteroatoms. The summed E-state index contributed by atoms with van der Waals surface area (Å²) in [6.07, 6.45) is 5.03. The molecule has 0 spiro atoms. The van der Waals surface area contributed by atoms with Crippen LogP contribution in [-0.4, -0.2) is 37.7 Å². The Hall–Kier alpha value is -2.14. The third kappa shape index (κ3) is 5.79. The quantitative estimate of drug-likeness (QED) is 0.637. The molecule has 112 valence electrons. The van der Waals surface area contributed by atoms with Gasteiger partial charge in [0, 0.05) is 19.2 Å². The highest BCUT2D eigenvalue weighted by Crippen LogP contribution is 2.10. The van der Waals surface area contributed by atoms with Gasteiger partial charge < -0.3 is 14.8 Å². The minimum Gasteiger partial charge on any atom is -0.452 e. The lowest BCUT2D eigenvalue weighted by atomic mass is 10.2. The first-order valence-corrected chi connectivity index (χ1v) is 7.02. The summed E-state index contributed by atoms with van der Waals surface area (Å²) in [5, 5.41) is 2.69. The zero-order chi connectivity index (χ0) is 14.9. The smallest absolute Gasteiger partial charge is 0.331 e. The van der Waals surface area contributed by atoms with Gasteiger partial charge in [-0.25, -0.2) is 4.79 Å². The normalized spacial score (nSPS) is 17.8. The molecule has 1 aliphatic rings. The molecule has 21 heavy (non-hydrogen) atoms. The van der Waals surface area contributed by atoms with Crippen LogP contribution < -0.4 is 5.32 Å². The first-order chi connectivity index (χ1) is 10.2. The molecule has 1 atom stereocenters. The molecule has 0 aliphatic carbocycles. The fourth-order valence-corrected chi connectivity index (χ4v) is 2.00. The number of hydrogen-bond acceptors (Lipinski definition) is 4. The van der Waals surface area contributed by atoms with Crippen LogP contribution in [0.4, 0.5) is 0 Å². The van der Waals surface area contributed by atoms with Crippen LogP contribution in [0, 0.1) is 0 Å². The van der Waals surface area contributed by atoms with E-state index in [9.17, 15) is 9.59 Å². The number of ether oxygens (including phenoxy) is 2. The van der Waals surface area contributed by atoms with Gasteiger partial charge >= 0.3 is 5.97 Å². The first kappa shape index (κ1) is 15.3. The Morgan fingerprint density at radius 1 is 1.33 bits per heavy atom. The molecule has 1 aliphatic heterocycles. The van der Waals surface area contributed by atoms with Gasteiger partial charge in [0.25, 0.3) is 5.91 Å². The Morgan fingerprint density at radius 3 is 2.86 bits per heavy atom. The van der Waals surface area contributed by atoms with E-state index in [-0.39, 0.29) is 18.6 Å². The standard InChI is InChI=1S/C16H19NO4/c18-15(17-11-14-7-4-10-20-14)12-21-16(19)9-8-13-5-2-1-3-6-13/h1-3,5-6,8-9,14H,4,7,10-12H2,(H,17,18)/b9-8+/t14-/m0/s1. The summed E-state index contributed by atoms with van der Waals surface area (Å²) in [7, 11) is 0. The molecule has 1 aromatic rings. The van der Waals surface area contributed by atoms with Crippen LogP contribution >= 0.6 is 0 Å². The van der Waals surface area contributed by atoms with E-state index in [2.05, 4.69) is 5.32 Å². The van der Waals surface area contributed by atoms with Gasteiger partial charge in [0.1, 0.15) is 0 Å². The SMILES string of the molecule is O=C(COC(=O)/C=C/c1ccccc1)NC[C@@H]1CCCO1. The molecule has 1 aromatic carbocycles. The lowest BCUT2D eigenvalue weighted by Crippen LogP contribution is -2.34. The minimum atomic E-state index is -0.536. The Bertz CT molecular complexity index is 492. The van der Waals surface area contributed by atoms with Crippen LogP contribution in [0.15, 0.2) is 36.4 Å². The van der Waals surface area contributed by atoms with Crippen molar-refractivity contribution in [2.75, 3.05) is 19.8 Å². The molecule has 0 unspecified atom stereocenters. The maximum atomic E-state index is 11.5. The first-order valence-electron chi connectivity index (χ1n) is 7.02. The summed E-state index contributed by atoms with van der Waals surface area (Å²) in [5.74, 6) is -0.849. The van der Waals surface area contributed by atoms with Gasteiger partial charge in [-0.2, -0.15) is 0 Å². The molecule has 0 saturated carbocycles. The van der Waals surface area contributed by atoms with E-state index in [4.69, 9.17) is 9.47 Å². The molecule has 1 N–H and O–H groups in total. The van der Waals surface area contributed by atoms with Gasteiger partial charge in [0.2, 0.25) is 0 Å². The van der Waals surface area contributed by atoms with Gasteiger partial charge in [-0.15, -0.1) is 0 Å². The van der Waals surface area contributed by atoms with Crippen LogP contribution in [0.1, 0.15) is 18.4 Å². The highest BCUT2D eigenvalue weighted by atomic mass is 16.5. The molecule has 5 nitrogen and oxygen atoms in total. The zero-order valence-electron chi connectivity index (χ0n) is 11.8. The van der Waals surface area contributed by atoms with Crippen LogP contribution in [0.2, 0.25) is 0 Å². The maximum Gasteiger partial charge on any atom is 0.331 e. The molecule has 1 fully saturated rings. The number of carbonyl (C=O) groups is 2. The van der Waals surface area contributed by atoms with Crippen molar-refractivity contribution in [1.29, 1.82) is 0 Å². The van der Waals surface area contributed by atoms with Crippen molar-refractivity contribution in [2.45, 2.75) is 18.9 Å². The van der Waals surface area contributed by atoms with Gasteiger partial charge in [-0.05, 0) is 24.5 Å². The number of carbonyl (C=O) groups excluding carboxylic acids is 2. The van der Waals surface area contributed by atoms with Crippen LogP contribution in [-0.2, 0) is 19.1 Å². The summed E-state index contributed by atoms with van der Waals surface area (Å²) >= 11 is 0. The van der Waals surface area contributed by atoms with Crippen molar-refractivity contribution in [3.05, 3.63) is 42.0 Å². The second-order valence-electron chi connectivity index (χ2n) is 4.79. The van der Waals surface area contributed by atoms with Crippen molar-refractivity contribution < 1.29 is 19.1 Å². The Morgan fingerprint density at radius 2 is 2.14 bits per heavy atom. The summed E-state index contributed by atoms with van der Waals surface area (Å²) in [6, 6.07) is 9.40. The van der Waals surface area contributed by atoms with E-state index in [1.165, 1.54) is 6.08 Å².